The van der Waals surface area contributed by atoms with Gasteiger partial charge < -0.3 is 10.6 Å². The van der Waals surface area contributed by atoms with E-state index in [1.165, 1.54) is 20.2 Å². The second-order valence-corrected chi connectivity index (χ2v) is 8.72. The van der Waals surface area contributed by atoms with Gasteiger partial charge in [0.25, 0.3) is 5.91 Å². The molecule has 0 radical (unpaired) electrons. The monoisotopic (exact) mass is 418 g/mol. The molecule has 0 heterocycles. The van der Waals surface area contributed by atoms with Gasteiger partial charge in [-0.1, -0.05) is 36.4 Å². The second kappa shape index (κ2) is 9.53. The zero-order chi connectivity index (χ0) is 21.6. The Morgan fingerprint density at radius 3 is 2.31 bits per heavy atom. The molecule has 0 saturated heterocycles. The van der Waals surface area contributed by atoms with Gasteiger partial charge in [0, 0.05) is 26.3 Å². The van der Waals surface area contributed by atoms with Gasteiger partial charge in [0.05, 0.1) is 4.90 Å². The molecule has 0 fully saturated rings. The minimum Gasteiger partial charge on any atom is -0.370 e. The molecular weight excluding hydrogens is 392 g/mol. The van der Waals surface area contributed by atoms with Gasteiger partial charge >= 0.3 is 6.03 Å². The largest absolute Gasteiger partial charge is 0.370 e. The number of benzene rings is 2. The summed E-state index contributed by atoms with van der Waals surface area (Å²) >= 11 is 0. The molecule has 3 N–H and O–H groups in total. The molecule has 29 heavy (non-hydrogen) atoms. The highest BCUT2D eigenvalue weighted by molar-refractivity contribution is 7.89. The number of aryl methyl sites for hydroxylation is 1. The predicted octanol–water partition coefficient (Wildman–Crippen LogP) is 2.24. The maximum Gasteiger partial charge on any atom is 0.321 e. The Morgan fingerprint density at radius 1 is 1.07 bits per heavy atom. The molecule has 0 saturated carbocycles. The number of anilines is 1. The molecule has 8 nitrogen and oxygen atoms in total. The molecule has 0 aliphatic carbocycles. The fourth-order valence-electron chi connectivity index (χ4n) is 2.67. The zero-order valence-electron chi connectivity index (χ0n) is 16.9. The van der Waals surface area contributed by atoms with Crippen molar-refractivity contribution < 1.29 is 18.0 Å². The van der Waals surface area contributed by atoms with E-state index in [1.807, 2.05) is 6.07 Å². The summed E-state index contributed by atoms with van der Waals surface area (Å²) < 4.78 is 26.3. The Balaban J connectivity index is 2.39. The van der Waals surface area contributed by atoms with Crippen LogP contribution in [0.5, 0.6) is 0 Å². The number of nitrogens with zero attached hydrogens (tertiary/aromatic N) is 1. The van der Waals surface area contributed by atoms with Crippen LogP contribution in [0.1, 0.15) is 24.1 Å². The van der Waals surface area contributed by atoms with Crippen LogP contribution < -0.4 is 16.0 Å². The predicted molar refractivity (Wildman–Crippen MR) is 112 cm³/mol. The minimum absolute atomic E-state index is 0.142. The molecule has 0 aliphatic rings. The van der Waals surface area contributed by atoms with Crippen molar-refractivity contribution in [3.05, 3.63) is 59.7 Å². The van der Waals surface area contributed by atoms with Crippen molar-refractivity contribution in [1.29, 1.82) is 0 Å². The molecule has 2 rings (SSSR count). The smallest absolute Gasteiger partial charge is 0.321 e. The lowest BCUT2D eigenvalue weighted by Crippen LogP contribution is -2.43. The molecular formula is C20H26N4O4S. The van der Waals surface area contributed by atoms with Crippen molar-refractivity contribution in [3.8, 4) is 0 Å². The third kappa shape index (κ3) is 5.55. The Bertz CT molecular complexity index is 975. The van der Waals surface area contributed by atoms with E-state index in [0.717, 1.165) is 4.31 Å². The lowest BCUT2D eigenvalue weighted by Gasteiger charge is -2.21. The summed E-state index contributed by atoms with van der Waals surface area (Å²) in [5.41, 5.74) is 1.66. The van der Waals surface area contributed by atoms with Crippen LogP contribution in [0, 0.1) is 6.92 Å². The first-order valence-electron chi connectivity index (χ1n) is 9.10. The van der Waals surface area contributed by atoms with Crippen molar-refractivity contribution in [2.24, 2.45) is 0 Å². The van der Waals surface area contributed by atoms with Crippen LogP contribution in [-0.4, -0.2) is 45.3 Å². The van der Waals surface area contributed by atoms with Gasteiger partial charge in [-0.15, -0.1) is 0 Å². The molecule has 0 aromatic heterocycles. The fraction of sp³-hybridized carbons (Fsp3) is 0.300. The average Bonchev–Trinajstić information content (AvgIpc) is 2.67. The van der Waals surface area contributed by atoms with Crippen molar-refractivity contribution in [1.82, 2.24) is 14.9 Å². The first-order valence-corrected chi connectivity index (χ1v) is 10.5. The van der Waals surface area contributed by atoms with E-state index in [0.29, 0.717) is 23.4 Å². The van der Waals surface area contributed by atoms with Crippen LogP contribution in [0.25, 0.3) is 0 Å². The van der Waals surface area contributed by atoms with Crippen LogP contribution in [0.15, 0.2) is 53.4 Å². The number of hydrogen-bond donors (Lipinski definition) is 3. The van der Waals surface area contributed by atoms with Crippen LogP contribution in [0.2, 0.25) is 0 Å². The van der Waals surface area contributed by atoms with Crippen molar-refractivity contribution in [2.75, 3.05) is 26.0 Å². The molecule has 9 heteroatoms. The minimum atomic E-state index is -3.65. The first kappa shape index (κ1) is 22.4. The highest BCUT2D eigenvalue weighted by Gasteiger charge is 2.24. The summed E-state index contributed by atoms with van der Waals surface area (Å²) in [5.74, 6) is -0.556. The third-order valence-electron chi connectivity index (χ3n) is 4.23. The first-order chi connectivity index (χ1) is 13.7. The van der Waals surface area contributed by atoms with E-state index in [4.69, 9.17) is 0 Å². The van der Waals surface area contributed by atoms with Gasteiger partial charge in [-0.25, -0.2) is 17.5 Å². The maximum absolute atomic E-state index is 12.7. The van der Waals surface area contributed by atoms with E-state index in [2.05, 4.69) is 16.0 Å². The van der Waals surface area contributed by atoms with E-state index >= 15 is 0 Å². The number of urea groups is 1. The van der Waals surface area contributed by atoms with E-state index in [9.17, 15) is 18.0 Å². The number of sulfonamides is 1. The van der Waals surface area contributed by atoms with Crippen molar-refractivity contribution in [2.45, 2.75) is 24.8 Å². The summed E-state index contributed by atoms with van der Waals surface area (Å²) in [6.07, 6.45) is 0. The highest BCUT2D eigenvalue weighted by atomic mass is 32.2. The Morgan fingerprint density at radius 2 is 1.72 bits per heavy atom. The average molecular weight is 419 g/mol. The quantitative estimate of drug-likeness (QED) is 0.639. The van der Waals surface area contributed by atoms with Crippen LogP contribution in [0.3, 0.4) is 0 Å². The van der Waals surface area contributed by atoms with Gasteiger partial charge in [0.1, 0.15) is 6.04 Å². The molecule has 0 unspecified atom stereocenters. The number of nitrogens with one attached hydrogen (secondary N) is 3. The SMILES string of the molecule is CCNC(=O)NC(=O)[C@@H](Nc1ccc(C)c(S(=O)(=O)N(C)C)c1)c1ccccc1. The van der Waals surface area contributed by atoms with Gasteiger partial charge in [-0.05, 0) is 37.1 Å². The van der Waals surface area contributed by atoms with Gasteiger partial charge in [0.2, 0.25) is 10.0 Å². The van der Waals surface area contributed by atoms with E-state index in [-0.39, 0.29) is 4.90 Å². The second-order valence-electron chi connectivity index (χ2n) is 6.60. The summed E-state index contributed by atoms with van der Waals surface area (Å²) in [6, 6.07) is 12.2. The Hall–Kier alpha value is -2.91. The van der Waals surface area contributed by atoms with Gasteiger partial charge in [-0.2, -0.15) is 0 Å². The molecule has 1 atom stereocenters. The lowest BCUT2D eigenvalue weighted by atomic mass is 10.1. The molecule has 3 amide bonds. The molecule has 156 valence electrons. The van der Waals surface area contributed by atoms with Gasteiger partial charge in [-0.3, -0.25) is 10.1 Å². The molecule has 0 aliphatic heterocycles. The van der Waals surface area contributed by atoms with E-state index in [1.54, 1.807) is 50.2 Å². The number of amides is 3. The lowest BCUT2D eigenvalue weighted by molar-refractivity contribution is -0.120. The number of imide groups is 1. The molecule has 0 bridgehead atoms. The molecule has 2 aromatic rings. The summed E-state index contributed by atoms with van der Waals surface area (Å²) in [5, 5.41) is 7.85. The van der Waals surface area contributed by atoms with Crippen LogP contribution in [0.4, 0.5) is 10.5 Å². The Kier molecular flexibility index (Phi) is 7.35. The third-order valence-corrected chi connectivity index (χ3v) is 6.18. The Labute approximate surface area is 171 Å². The summed E-state index contributed by atoms with van der Waals surface area (Å²) in [7, 11) is -0.729. The summed E-state index contributed by atoms with van der Waals surface area (Å²) in [4.78, 5) is 24.7. The number of hydrogen-bond acceptors (Lipinski definition) is 5. The molecule has 0 spiro atoms. The summed E-state index contributed by atoms with van der Waals surface area (Å²) in [6.45, 7) is 3.83. The zero-order valence-corrected chi connectivity index (χ0v) is 17.7. The molecule has 2 aromatic carbocycles. The number of rotatable bonds is 7. The maximum atomic E-state index is 12.7. The van der Waals surface area contributed by atoms with Gasteiger partial charge in [0.15, 0.2) is 0 Å². The topological polar surface area (TPSA) is 108 Å². The van der Waals surface area contributed by atoms with Crippen LogP contribution >= 0.6 is 0 Å². The van der Waals surface area contributed by atoms with E-state index < -0.39 is 28.0 Å². The fourth-order valence-corrected chi connectivity index (χ4v) is 3.81. The number of carbonyl (C=O) groups excluding carboxylic acids is 2. The standard InChI is InChI=1S/C20H26N4O4S/c1-5-21-20(26)23-19(25)18(15-9-7-6-8-10-15)22-16-12-11-14(2)17(13-16)29(27,28)24(3)4/h6-13,18,22H,5H2,1-4H3,(H2,21,23,25,26)/t18-/m0/s1. The normalized spacial score (nSPS) is 12.3. The van der Waals surface area contributed by atoms with Crippen molar-refractivity contribution in [3.63, 3.8) is 0 Å². The highest BCUT2D eigenvalue weighted by Crippen LogP contribution is 2.26. The van der Waals surface area contributed by atoms with Crippen LogP contribution in [-0.2, 0) is 14.8 Å². The van der Waals surface area contributed by atoms with Crippen molar-refractivity contribution >= 4 is 27.6 Å². The number of carbonyl (C=O) groups is 2.